The predicted molar refractivity (Wildman–Crippen MR) is 79.9 cm³/mol. The number of aryl methyl sites for hydroxylation is 1. The molecule has 21 heavy (non-hydrogen) atoms. The monoisotopic (exact) mass is 290 g/mol. The highest BCUT2D eigenvalue weighted by Gasteiger charge is 2.20. The highest BCUT2D eigenvalue weighted by molar-refractivity contribution is 5.77. The zero-order valence-corrected chi connectivity index (χ0v) is 12.4. The second-order valence-corrected chi connectivity index (χ2v) is 5.37. The van der Waals surface area contributed by atoms with Gasteiger partial charge in [0.25, 0.3) is 0 Å². The minimum atomic E-state index is 0.0681. The van der Waals surface area contributed by atoms with E-state index in [1.165, 1.54) is 0 Å². The van der Waals surface area contributed by atoms with Crippen molar-refractivity contribution in [1.29, 1.82) is 0 Å². The van der Waals surface area contributed by atoms with E-state index in [-0.39, 0.29) is 17.6 Å². The van der Waals surface area contributed by atoms with Crippen LogP contribution in [-0.4, -0.2) is 52.9 Å². The van der Waals surface area contributed by atoms with Crippen molar-refractivity contribution in [2.45, 2.75) is 26.2 Å². The molecule has 1 heterocycles. The third-order valence-corrected chi connectivity index (χ3v) is 3.89. The van der Waals surface area contributed by atoms with Gasteiger partial charge in [0.15, 0.2) is 0 Å². The largest absolute Gasteiger partial charge is 0.508 e. The zero-order chi connectivity index (χ0) is 15.2. The molecule has 0 unspecified atom stereocenters. The molecule has 114 valence electrons. The van der Waals surface area contributed by atoms with Gasteiger partial charge in [-0.3, -0.25) is 9.59 Å². The third kappa shape index (κ3) is 4.21. The van der Waals surface area contributed by atoms with Gasteiger partial charge in [-0.15, -0.1) is 0 Å². The van der Waals surface area contributed by atoms with E-state index < -0.39 is 0 Å². The van der Waals surface area contributed by atoms with Crippen LogP contribution in [0.4, 0.5) is 0 Å². The van der Waals surface area contributed by atoms with E-state index in [0.717, 1.165) is 18.5 Å². The summed E-state index contributed by atoms with van der Waals surface area (Å²) < 4.78 is 0. The van der Waals surface area contributed by atoms with E-state index in [0.29, 0.717) is 32.5 Å². The maximum Gasteiger partial charge on any atom is 0.222 e. The Bertz CT molecular complexity index is 516. The number of hydrogen-bond acceptors (Lipinski definition) is 3. The normalized spacial score (nSPS) is 15.7. The first-order valence-corrected chi connectivity index (χ1v) is 7.38. The Morgan fingerprint density at radius 1 is 1.10 bits per heavy atom. The third-order valence-electron chi connectivity index (χ3n) is 3.89. The Morgan fingerprint density at radius 2 is 1.76 bits per heavy atom. The van der Waals surface area contributed by atoms with Gasteiger partial charge in [0.05, 0.1) is 0 Å². The van der Waals surface area contributed by atoms with Crippen LogP contribution in [-0.2, 0) is 16.0 Å². The molecule has 0 aromatic heterocycles. The summed E-state index contributed by atoms with van der Waals surface area (Å²) in [6, 6.07) is 7.10. The Labute approximate surface area is 125 Å². The summed E-state index contributed by atoms with van der Waals surface area (Å²) in [5.41, 5.74) is 0.797. The first-order valence-electron chi connectivity index (χ1n) is 7.38. The maximum absolute atomic E-state index is 12.3. The van der Waals surface area contributed by atoms with Gasteiger partial charge in [-0.25, -0.2) is 0 Å². The number of carbonyl (C=O) groups excluding carboxylic acids is 2. The van der Waals surface area contributed by atoms with Crippen molar-refractivity contribution in [3.8, 4) is 5.75 Å². The van der Waals surface area contributed by atoms with E-state index in [1.54, 1.807) is 24.0 Å². The number of para-hydroxylation sites is 1. The van der Waals surface area contributed by atoms with Gasteiger partial charge in [-0.05, 0) is 24.5 Å². The van der Waals surface area contributed by atoms with Crippen LogP contribution in [0.3, 0.4) is 0 Å². The summed E-state index contributed by atoms with van der Waals surface area (Å²) in [6.45, 7) is 4.19. The molecule has 2 amide bonds. The summed E-state index contributed by atoms with van der Waals surface area (Å²) >= 11 is 0. The molecule has 0 saturated carbocycles. The zero-order valence-electron chi connectivity index (χ0n) is 12.4. The highest BCUT2D eigenvalue weighted by Crippen LogP contribution is 2.18. The molecule has 1 aliphatic rings. The second kappa shape index (κ2) is 7.11. The molecular formula is C16H22N2O3. The Hall–Kier alpha value is -2.04. The van der Waals surface area contributed by atoms with Crippen LogP contribution in [0.15, 0.2) is 24.3 Å². The predicted octanol–water partition coefficient (Wildman–Crippen LogP) is 1.41. The van der Waals surface area contributed by atoms with Crippen LogP contribution in [0.25, 0.3) is 0 Å². The van der Waals surface area contributed by atoms with Gasteiger partial charge < -0.3 is 14.9 Å². The van der Waals surface area contributed by atoms with Gasteiger partial charge in [-0.2, -0.15) is 0 Å². The number of hydrogen-bond donors (Lipinski definition) is 1. The molecule has 1 saturated heterocycles. The number of phenolic OH excluding ortho intramolecular Hbond substituents is 1. The number of amides is 2. The number of nitrogens with zero attached hydrogens (tertiary/aromatic N) is 2. The van der Waals surface area contributed by atoms with Gasteiger partial charge in [-0.1, -0.05) is 18.2 Å². The molecule has 0 atom stereocenters. The van der Waals surface area contributed by atoms with E-state index in [4.69, 9.17) is 0 Å². The molecule has 5 heteroatoms. The first-order chi connectivity index (χ1) is 10.1. The number of aromatic hydroxyl groups is 1. The number of rotatable bonds is 3. The second-order valence-electron chi connectivity index (χ2n) is 5.37. The van der Waals surface area contributed by atoms with Crippen LogP contribution in [0, 0.1) is 0 Å². The number of benzene rings is 1. The fourth-order valence-electron chi connectivity index (χ4n) is 2.60. The van der Waals surface area contributed by atoms with Crippen molar-refractivity contribution in [3.05, 3.63) is 29.8 Å². The standard InChI is InChI=1S/C16H22N2O3/c1-13(19)17-9-4-10-18(12-11-17)16(21)8-7-14-5-2-3-6-15(14)20/h2-3,5-6,20H,4,7-12H2,1H3. The molecule has 2 rings (SSSR count). The molecule has 1 N–H and O–H groups in total. The van der Waals surface area contributed by atoms with Crippen LogP contribution in [0.1, 0.15) is 25.3 Å². The van der Waals surface area contributed by atoms with E-state index >= 15 is 0 Å². The average molecular weight is 290 g/mol. The van der Waals surface area contributed by atoms with Crippen molar-refractivity contribution in [2.75, 3.05) is 26.2 Å². The van der Waals surface area contributed by atoms with Gasteiger partial charge in [0.1, 0.15) is 5.75 Å². The molecule has 1 fully saturated rings. The quantitative estimate of drug-likeness (QED) is 0.915. The molecular weight excluding hydrogens is 268 g/mol. The number of phenols is 1. The lowest BCUT2D eigenvalue weighted by atomic mass is 10.1. The van der Waals surface area contributed by atoms with Gasteiger partial charge in [0, 0.05) is 39.5 Å². The molecule has 0 radical (unpaired) electrons. The minimum Gasteiger partial charge on any atom is -0.508 e. The molecule has 5 nitrogen and oxygen atoms in total. The van der Waals surface area contributed by atoms with Crippen LogP contribution in [0.5, 0.6) is 5.75 Å². The molecule has 1 aliphatic heterocycles. The highest BCUT2D eigenvalue weighted by atomic mass is 16.3. The van der Waals surface area contributed by atoms with Crippen LogP contribution < -0.4 is 0 Å². The lowest BCUT2D eigenvalue weighted by Gasteiger charge is -2.21. The summed E-state index contributed by atoms with van der Waals surface area (Å²) in [7, 11) is 0. The summed E-state index contributed by atoms with van der Waals surface area (Å²) in [4.78, 5) is 27.2. The van der Waals surface area contributed by atoms with Crippen LogP contribution in [0.2, 0.25) is 0 Å². The summed E-state index contributed by atoms with van der Waals surface area (Å²) in [6.07, 6.45) is 1.75. The Kier molecular flexibility index (Phi) is 5.20. The van der Waals surface area contributed by atoms with Crippen molar-refractivity contribution in [3.63, 3.8) is 0 Å². The lowest BCUT2D eigenvalue weighted by Crippen LogP contribution is -2.36. The Balaban J connectivity index is 1.86. The van der Waals surface area contributed by atoms with E-state index in [2.05, 4.69) is 0 Å². The van der Waals surface area contributed by atoms with E-state index in [1.807, 2.05) is 17.0 Å². The first kappa shape index (κ1) is 15.4. The van der Waals surface area contributed by atoms with Crippen LogP contribution >= 0.6 is 0 Å². The number of carbonyl (C=O) groups is 2. The fourth-order valence-corrected chi connectivity index (χ4v) is 2.60. The fraction of sp³-hybridized carbons (Fsp3) is 0.500. The van der Waals surface area contributed by atoms with Crippen molar-refractivity contribution >= 4 is 11.8 Å². The molecule has 0 aliphatic carbocycles. The Morgan fingerprint density at radius 3 is 2.48 bits per heavy atom. The lowest BCUT2D eigenvalue weighted by molar-refractivity contribution is -0.132. The molecule has 0 bridgehead atoms. The maximum atomic E-state index is 12.3. The summed E-state index contributed by atoms with van der Waals surface area (Å²) in [5, 5.41) is 9.71. The van der Waals surface area contributed by atoms with Crippen molar-refractivity contribution in [1.82, 2.24) is 9.80 Å². The average Bonchev–Trinajstić information content (AvgIpc) is 2.72. The molecule has 1 aromatic carbocycles. The smallest absolute Gasteiger partial charge is 0.222 e. The summed E-state index contributed by atoms with van der Waals surface area (Å²) in [5.74, 6) is 0.395. The topological polar surface area (TPSA) is 60.9 Å². The van der Waals surface area contributed by atoms with Crippen molar-refractivity contribution < 1.29 is 14.7 Å². The van der Waals surface area contributed by atoms with Gasteiger partial charge >= 0.3 is 0 Å². The molecule has 1 aromatic rings. The van der Waals surface area contributed by atoms with Gasteiger partial charge in [0.2, 0.25) is 11.8 Å². The SMILES string of the molecule is CC(=O)N1CCCN(C(=O)CCc2ccccc2O)CC1. The minimum absolute atomic E-state index is 0.0681. The van der Waals surface area contributed by atoms with E-state index in [9.17, 15) is 14.7 Å². The van der Waals surface area contributed by atoms with Crippen molar-refractivity contribution in [2.24, 2.45) is 0 Å². The molecule has 0 spiro atoms.